The number of carbonyl (C=O) groups is 1. The summed E-state index contributed by atoms with van der Waals surface area (Å²) >= 11 is 5.85. The van der Waals surface area contributed by atoms with Crippen LogP contribution in [0.15, 0.2) is 48.5 Å². The average molecular weight is 291 g/mol. The Morgan fingerprint density at radius 1 is 1.05 bits per heavy atom. The second-order valence-electron chi connectivity index (χ2n) is 4.13. The van der Waals surface area contributed by atoms with Crippen molar-refractivity contribution < 1.29 is 14.3 Å². The fourth-order valence-electron chi connectivity index (χ4n) is 1.69. The highest BCUT2D eigenvalue weighted by Crippen LogP contribution is 2.18. The molecule has 0 aliphatic carbocycles. The number of halogens is 1. The Hall–Kier alpha value is -2.00. The minimum absolute atomic E-state index is 0.0195. The molecular formula is C16H15ClO3. The number of rotatable bonds is 6. The smallest absolute Gasteiger partial charge is 0.200 e. The van der Waals surface area contributed by atoms with Gasteiger partial charge < -0.3 is 9.47 Å². The molecule has 4 heteroatoms. The van der Waals surface area contributed by atoms with Gasteiger partial charge in [0, 0.05) is 10.6 Å². The summed E-state index contributed by atoms with van der Waals surface area (Å²) in [4.78, 5) is 11.9. The van der Waals surface area contributed by atoms with Crippen LogP contribution in [0.2, 0.25) is 5.02 Å². The lowest BCUT2D eigenvalue weighted by molar-refractivity contribution is 0.0921. The van der Waals surface area contributed by atoms with Crippen molar-refractivity contribution in [2.75, 3.05) is 13.2 Å². The average Bonchev–Trinajstić information content (AvgIpc) is 2.46. The maximum Gasteiger partial charge on any atom is 0.200 e. The van der Waals surface area contributed by atoms with Crippen molar-refractivity contribution in [2.45, 2.75) is 6.92 Å². The number of carbonyl (C=O) groups excluding carboxylic acids is 1. The van der Waals surface area contributed by atoms with Crippen LogP contribution in [0.4, 0.5) is 0 Å². The summed E-state index contributed by atoms with van der Waals surface area (Å²) in [6, 6.07) is 14.0. The minimum Gasteiger partial charge on any atom is -0.494 e. The lowest BCUT2D eigenvalue weighted by Crippen LogP contribution is -2.11. The van der Waals surface area contributed by atoms with Crippen LogP contribution in [0.1, 0.15) is 17.3 Å². The maximum absolute atomic E-state index is 11.9. The van der Waals surface area contributed by atoms with Crippen molar-refractivity contribution in [1.82, 2.24) is 0 Å². The summed E-state index contributed by atoms with van der Waals surface area (Å²) < 4.78 is 10.8. The van der Waals surface area contributed by atoms with Crippen molar-refractivity contribution in [3.05, 3.63) is 59.1 Å². The fourth-order valence-corrected chi connectivity index (χ4v) is 1.88. The third-order valence-electron chi connectivity index (χ3n) is 2.65. The van der Waals surface area contributed by atoms with Crippen LogP contribution in [0, 0.1) is 0 Å². The Morgan fingerprint density at radius 2 is 1.70 bits per heavy atom. The predicted octanol–water partition coefficient (Wildman–Crippen LogP) is 4.00. The molecule has 3 nitrogen and oxygen atoms in total. The third-order valence-corrected chi connectivity index (χ3v) is 2.89. The molecule has 0 heterocycles. The fraction of sp³-hybridized carbons (Fsp3) is 0.188. The van der Waals surface area contributed by atoms with Crippen LogP contribution in [-0.2, 0) is 0 Å². The van der Waals surface area contributed by atoms with Gasteiger partial charge in [-0.25, -0.2) is 0 Å². The van der Waals surface area contributed by atoms with Crippen molar-refractivity contribution in [2.24, 2.45) is 0 Å². The first-order chi connectivity index (χ1) is 9.69. The summed E-state index contributed by atoms with van der Waals surface area (Å²) in [6.45, 7) is 2.52. The van der Waals surface area contributed by atoms with Crippen molar-refractivity contribution in [3.8, 4) is 11.5 Å². The van der Waals surface area contributed by atoms with Gasteiger partial charge in [0.2, 0.25) is 0 Å². The summed E-state index contributed by atoms with van der Waals surface area (Å²) in [5, 5.41) is 0.539. The van der Waals surface area contributed by atoms with E-state index in [2.05, 4.69) is 0 Å². The molecular weight excluding hydrogens is 276 g/mol. The van der Waals surface area contributed by atoms with Gasteiger partial charge >= 0.3 is 0 Å². The summed E-state index contributed by atoms with van der Waals surface area (Å²) in [7, 11) is 0. The third kappa shape index (κ3) is 4.00. The zero-order valence-electron chi connectivity index (χ0n) is 11.1. The Kier molecular flexibility index (Phi) is 5.02. The molecule has 0 amide bonds. The molecule has 104 valence electrons. The quantitative estimate of drug-likeness (QED) is 0.754. The van der Waals surface area contributed by atoms with Crippen molar-refractivity contribution in [3.63, 3.8) is 0 Å². The minimum atomic E-state index is -0.110. The van der Waals surface area contributed by atoms with Crippen molar-refractivity contribution >= 4 is 17.4 Å². The Labute approximate surface area is 123 Å². The largest absolute Gasteiger partial charge is 0.494 e. The number of Topliss-reactive ketones (excluding diaryl/α,β-unsaturated/α-hetero) is 1. The summed E-state index contributed by atoms with van der Waals surface area (Å²) in [6.07, 6.45) is 0. The molecule has 20 heavy (non-hydrogen) atoms. The maximum atomic E-state index is 11.9. The van der Waals surface area contributed by atoms with Gasteiger partial charge in [0.1, 0.15) is 11.5 Å². The molecule has 0 spiro atoms. The van der Waals surface area contributed by atoms with E-state index in [0.29, 0.717) is 22.9 Å². The zero-order chi connectivity index (χ0) is 14.4. The van der Waals surface area contributed by atoms with Gasteiger partial charge in [0.25, 0.3) is 0 Å². The van der Waals surface area contributed by atoms with Crippen LogP contribution in [0.5, 0.6) is 11.5 Å². The topological polar surface area (TPSA) is 35.5 Å². The highest BCUT2D eigenvalue weighted by Gasteiger charge is 2.07. The first-order valence-electron chi connectivity index (χ1n) is 6.33. The monoisotopic (exact) mass is 290 g/mol. The zero-order valence-corrected chi connectivity index (χ0v) is 11.9. The molecule has 0 aliphatic heterocycles. The van der Waals surface area contributed by atoms with E-state index in [9.17, 15) is 4.79 Å². The molecule has 0 N–H and O–H groups in total. The molecule has 2 aromatic carbocycles. The van der Waals surface area contributed by atoms with E-state index in [4.69, 9.17) is 21.1 Å². The van der Waals surface area contributed by atoms with E-state index in [1.165, 1.54) is 0 Å². The van der Waals surface area contributed by atoms with E-state index in [0.717, 1.165) is 5.75 Å². The van der Waals surface area contributed by atoms with Crippen LogP contribution < -0.4 is 9.47 Å². The summed E-state index contributed by atoms with van der Waals surface area (Å²) in [5.74, 6) is 1.30. The number of hydrogen-bond donors (Lipinski definition) is 0. The van der Waals surface area contributed by atoms with Crippen LogP contribution >= 0.6 is 11.6 Å². The molecule has 2 aromatic rings. The molecule has 0 radical (unpaired) electrons. The van der Waals surface area contributed by atoms with Gasteiger partial charge in [-0.05, 0) is 43.3 Å². The van der Waals surface area contributed by atoms with E-state index in [1.54, 1.807) is 36.4 Å². The van der Waals surface area contributed by atoms with Gasteiger partial charge in [0.05, 0.1) is 6.61 Å². The molecule has 0 fully saturated rings. The second-order valence-corrected chi connectivity index (χ2v) is 4.56. The van der Waals surface area contributed by atoms with Gasteiger partial charge in [-0.2, -0.15) is 0 Å². The second kappa shape index (κ2) is 6.96. The summed E-state index contributed by atoms with van der Waals surface area (Å²) in [5.41, 5.74) is 0.545. The first kappa shape index (κ1) is 14.4. The highest BCUT2D eigenvalue weighted by molar-refractivity contribution is 6.31. The molecule has 0 aromatic heterocycles. The van der Waals surface area contributed by atoms with Gasteiger partial charge in [-0.1, -0.05) is 23.7 Å². The standard InChI is InChI=1S/C16H15ClO3/c1-2-19-14-6-8-15(9-7-14)20-11-16(18)12-4-3-5-13(17)10-12/h3-10H,2,11H2,1H3. The Balaban J connectivity index is 1.93. The lowest BCUT2D eigenvalue weighted by atomic mass is 10.1. The molecule has 0 bridgehead atoms. The lowest BCUT2D eigenvalue weighted by Gasteiger charge is -2.07. The van der Waals surface area contributed by atoms with Gasteiger partial charge in [-0.3, -0.25) is 4.79 Å². The predicted molar refractivity (Wildman–Crippen MR) is 78.9 cm³/mol. The number of hydrogen-bond acceptors (Lipinski definition) is 3. The van der Waals surface area contributed by atoms with E-state index in [1.807, 2.05) is 19.1 Å². The van der Waals surface area contributed by atoms with Gasteiger partial charge in [-0.15, -0.1) is 0 Å². The Bertz CT molecular complexity index is 579. The number of ketones is 1. The van der Waals surface area contributed by atoms with Gasteiger partial charge in [0.15, 0.2) is 12.4 Å². The molecule has 0 atom stereocenters. The first-order valence-corrected chi connectivity index (χ1v) is 6.71. The van der Waals surface area contributed by atoms with E-state index in [-0.39, 0.29) is 12.4 Å². The number of benzene rings is 2. The molecule has 0 aliphatic rings. The molecule has 0 unspecified atom stereocenters. The molecule has 0 saturated heterocycles. The molecule has 0 saturated carbocycles. The normalized spacial score (nSPS) is 10.1. The van der Waals surface area contributed by atoms with E-state index < -0.39 is 0 Å². The van der Waals surface area contributed by atoms with Crippen molar-refractivity contribution in [1.29, 1.82) is 0 Å². The van der Waals surface area contributed by atoms with Crippen LogP contribution in [-0.4, -0.2) is 19.0 Å². The highest BCUT2D eigenvalue weighted by atomic mass is 35.5. The Morgan fingerprint density at radius 3 is 2.30 bits per heavy atom. The SMILES string of the molecule is CCOc1ccc(OCC(=O)c2cccc(Cl)c2)cc1. The number of ether oxygens (including phenoxy) is 2. The van der Waals surface area contributed by atoms with Crippen LogP contribution in [0.25, 0.3) is 0 Å². The van der Waals surface area contributed by atoms with E-state index >= 15 is 0 Å². The molecule has 2 rings (SSSR count). The van der Waals surface area contributed by atoms with Crippen LogP contribution in [0.3, 0.4) is 0 Å².